The molecule has 0 saturated heterocycles. The first-order valence-electron chi connectivity index (χ1n) is 8.21. The molecule has 0 saturated carbocycles. The van der Waals surface area contributed by atoms with E-state index < -0.39 is 5.97 Å². The second-order valence-electron chi connectivity index (χ2n) is 5.95. The number of hydrogen-bond donors (Lipinski definition) is 0. The van der Waals surface area contributed by atoms with Crippen molar-refractivity contribution >= 4 is 17.0 Å². The fraction of sp³-hybridized carbons (Fsp3) is 0.150. The van der Waals surface area contributed by atoms with Gasteiger partial charge in [-0.15, -0.1) is 0 Å². The highest BCUT2D eigenvalue weighted by Gasteiger charge is 2.21. The number of rotatable bonds is 4. The minimum absolute atomic E-state index is 0.424. The molecule has 4 rings (SSSR count). The summed E-state index contributed by atoms with van der Waals surface area (Å²) in [4.78, 5) is 16.9. The van der Waals surface area contributed by atoms with Crippen LogP contribution in [0.3, 0.4) is 0 Å². The number of aryl methyl sites for hydroxylation is 1. The molecule has 6 heteroatoms. The lowest BCUT2D eigenvalue weighted by molar-refractivity contribution is 0.0603. The van der Waals surface area contributed by atoms with E-state index in [9.17, 15) is 4.79 Å². The van der Waals surface area contributed by atoms with Gasteiger partial charge < -0.3 is 9.15 Å². The van der Waals surface area contributed by atoms with Gasteiger partial charge in [0.25, 0.3) is 0 Å². The minimum Gasteiger partial charge on any atom is -0.465 e. The van der Waals surface area contributed by atoms with Gasteiger partial charge in [0.15, 0.2) is 11.4 Å². The van der Waals surface area contributed by atoms with Crippen LogP contribution in [-0.4, -0.2) is 27.8 Å². The van der Waals surface area contributed by atoms with Gasteiger partial charge in [-0.05, 0) is 30.7 Å². The minimum atomic E-state index is -0.424. The molecule has 0 aliphatic carbocycles. The van der Waals surface area contributed by atoms with E-state index in [1.54, 1.807) is 24.5 Å². The molecule has 3 aromatic heterocycles. The molecule has 1 aromatic carbocycles. The third kappa shape index (κ3) is 2.75. The Morgan fingerprint density at radius 2 is 2.00 bits per heavy atom. The SMILES string of the molecule is COC(=O)c1cc(-c2ccco2)nc2nn(Cc3ccccc3)c(C)c12. The first-order chi connectivity index (χ1) is 12.7. The van der Waals surface area contributed by atoms with Gasteiger partial charge in [-0.2, -0.15) is 5.10 Å². The van der Waals surface area contributed by atoms with Gasteiger partial charge in [-0.3, -0.25) is 4.68 Å². The van der Waals surface area contributed by atoms with Crippen LogP contribution in [0.4, 0.5) is 0 Å². The number of hydrogen-bond acceptors (Lipinski definition) is 5. The van der Waals surface area contributed by atoms with E-state index in [1.807, 2.05) is 41.9 Å². The van der Waals surface area contributed by atoms with Crippen molar-refractivity contribution in [3.05, 3.63) is 71.6 Å². The van der Waals surface area contributed by atoms with Crippen molar-refractivity contribution in [2.45, 2.75) is 13.5 Å². The molecule has 0 atom stereocenters. The zero-order chi connectivity index (χ0) is 18.1. The Labute approximate surface area is 150 Å². The number of pyridine rings is 1. The Kier molecular flexibility index (Phi) is 4.01. The van der Waals surface area contributed by atoms with Gasteiger partial charge in [-0.1, -0.05) is 30.3 Å². The summed E-state index contributed by atoms with van der Waals surface area (Å²) >= 11 is 0. The van der Waals surface area contributed by atoms with Crippen molar-refractivity contribution in [3.63, 3.8) is 0 Å². The van der Waals surface area contributed by atoms with Crippen LogP contribution in [0, 0.1) is 6.92 Å². The standard InChI is InChI=1S/C20H17N3O3/c1-13-18-15(20(24)25-2)11-16(17-9-6-10-26-17)21-19(18)22-23(13)12-14-7-4-3-5-8-14/h3-11H,12H2,1-2H3. The smallest absolute Gasteiger partial charge is 0.338 e. The molecular formula is C20H17N3O3. The molecule has 0 unspecified atom stereocenters. The first kappa shape index (κ1) is 16.1. The van der Waals surface area contributed by atoms with Crippen LogP contribution in [0.1, 0.15) is 21.6 Å². The van der Waals surface area contributed by atoms with Crippen LogP contribution in [-0.2, 0) is 11.3 Å². The number of benzene rings is 1. The maximum atomic E-state index is 12.4. The summed E-state index contributed by atoms with van der Waals surface area (Å²) in [6.45, 7) is 2.53. The fourth-order valence-electron chi connectivity index (χ4n) is 3.01. The van der Waals surface area contributed by atoms with Gasteiger partial charge in [0.2, 0.25) is 0 Å². The summed E-state index contributed by atoms with van der Waals surface area (Å²) in [5, 5.41) is 5.31. The normalized spacial score (nSPS) is 11.0. The molecule has 0 aliphatic heterocycles. The lowest BCUT2D eigenvalue weighted by Crippen LogP contribution is -2.05. The molecule has 3 heterocycles. The van der Waals surface area contributed by atoms with Crippen LogP contribution in [0.2, 0.25) is 0 Å². The number of fused-ring (bicyclic) bond motifs is 1. The van der Waals surface area contributed by atoms with Crippen LogP contribution < -0.4 is 0 Å². The van der Waals surface area contributed by atoms with Gasteiger partial charge >= 0.3 is 5.97 Å². The Bertz CT molecular complexity index is 1070. The second-order valence-corrected chi connectivity index (χ2v) is 5.95. The number of carbonyl (C=O) groups excluding carboxylic acids is 1. The lowest BCUT2D eigenvalue weighted by atomic mass is 10.1. The predicted octanol–water partition coefficient (Wildman–Crippen LogP) is 3.83. The third-order valence-electron chi connectivity index (χ3n) is 4.32. The summed E-state index contributed by atoms with van der Waals surface area (Å²) in [6.07, 6.45) is 1.57. The summed E-state index contributed by atoms with van der Waals surface area (Å²) in [5.74, 6) is 0.153. The predicted molar refractivity (Wildman–Crippen MR) is 96.9 cm³/mol. The monoisotopic (exact) mass is 347 g/mol. The number of aromatic nitrogens is 3. The van der Waals surface area contributed by atoms with Crippen molar-refractivity contribution in [1.29, 1.82) is 0 Å². The molecule has 4 aromatic rings. The number of nitrogens with zero attached hydrogens (tertiary/aromatic N) is 3. The summed E-state index contributed by atoms with van der Waals surface area (Å²) < 4.78 is 12.2. The first-order valence-corrected chi connectivity index (χ1v) is 8.21. The molecule has 0 amide bonds. The molecule has 0 bridgehead atoms. The van der Waals surface area contributed by atoms with Gasteiger partial charge in [-0.25, -0.2) is 9.78 Å². The molecule has 0 radical (unpaired) electrons. The van der Waals surface area contributed by atoms with Crippen LogP contribution in [0.5, 0.6) is 0 Å². The van der Waals surface area contributed by atoms with Crippen molar-refractivity contribution in [3.8, 4) is 11.5 Å². The average Bonchev–Trinajstić information content (AvgIpc) is 3.30. The van der Waals surface area contributed by atoms with Gasteiger partial charge in [0.05, 0.1) is 30.9 Å². The Morgan fingerprint density at radius 3 is 2.69 bits per heavy atom. The highest BCUT2D eigenvalue weighted by atomic mass is 16.5. The van der Waals surface area contributed by atoms with E-state index in [1.165, 1.54) is 7.11 Å². The van der Waals surface area contributed by atoms with Crippen LogP contribution >= 0.6 is 0 Å². The number of esters is 1. The topological polar surface area (TPSA) is 70.2 Å². The quantitative estimate of drug-likeness (QED) is 0.525. The van der Waals surface area contributed by atoms with Gasteiger partial charge in [0, 0.05) is 5.69 Å². The maximum Gasteiger partial charge on any atom is 0.338 e. The number of furan rings is 1. The van der Waals surface area contributed by atoms with E-state index in [2.05, 4.69) is 10.1 Å². The van der Waals surface area contributed by atoms with E-state index in [-0.39, 0.29) is 0 Å². The Balaban J connectivity index is 1.89. The van der Waals surface area contributed by atoms with Gasteiger partial charge in [0.1, 0.15) is 5.69 Å². The van der Waals surface area contributed by atoms with E-state index in [4.69, 9.17) is 9.15 Å². The third-order valence-corrected chi connectivity index (χ3v) is 4.32. The van der Waals surface area contributed by atoms with E-state index in [0.29, 0.717) is 34.6 Å². The maximum absolute atomic E-state index is 12.4. The number of carbonyl (C=O) groups is 1. The molecule has 0 aliphatic rings. The molecular weight excluding hydrogens is 330 g/mol. The Hall–Kier alpha value is -3.41. The van der Waals surface area contributed by atoms with Crippen molar-refractivity contribution in [2.24, 2.45) is 0 Å². The van der Waals surface area contributed by atoms with Crippen molar-refractivity contribution in [2.75, 3.05) is 7.11 Å². The van der Waals surface area contributed by atoms with Crippen molar-refractivity contribution in [1.82, 2.24) is 14.8 Å². The van der Waals surface area contributed by atoms with Crippen LogP contribution in [0.15, 0.2) is 59.2 Å². The summed E-state index contributed by atoms with van der Waals surface area (Å²) in [5.41, 5.74) is 3.46. The molecule has 26 heavy (non-hydrogen) atoms. The highest BCUT2D eigenvalue weighted by Crippen LogP contribution is 2.28. The number of methoxy groups -OCH3 is 1. The highest BCUT2D eigenvalue weighted by molar-refractivity contribution is 6.04. The second kappa shape index (κ2) is 6.48. The molecule has 0 N–H and O–H groups in total. The lowest BCUT2D eigenvalue weighted by Gasteiger charge is -2.05. The molecule has 6 nitrogen and oxygen atoms in total. The van der Waals surface area contributed by atoms with Crippen molar-refractivity contribution < 1.29 is 13.9 Å². The van der Waals surface area contributed by atoms with Crippen LogP contribution in [0.25, 0.3) is 22.5 Å². The summed E-state index contributed by atoms with van der Waals surface area (Å²) in [7, 11) is 1.37. The summed E-state index contributed by atoms with van der Waals surface area (Å²) in [6, 6.07) is 15.3. The zero-order valence-corrected chi connectivity index (χ0v) is 14.5. The molecule has 0 fully saturated rings. The number of ether oxygens (including phenoxy) is 1. The average molecular weight is 347 g/mol. The Morgan fingerprint density at radius 1 is 1.19 bits per heavy atom. The van der Waals surface area contributed by atoms with E-state index in [0.717, 1.165) is 11.3 Å². The molecule has 0 spiro atoms. The zero-order valence-electron chi connectivity index (χ0n) is 14.5. The molecule has 130 valence electrons. The fourth-order valence-corrected chi connectivity index (χ4v) is 3.01. The largest absolute Gasteiger partial charge is 0.465 e. The van der Waals surface area contributed by atoms with E-state index >= 15 is 0 Å².